The number of aliphatic hydroxyl groups excluding tert-OH is 1. The van der Waals surface area contributed by atoms with Crippen molar-refractivity contribution in [1.29, 1.82) is 0 Å². The first kappa shape index (κ1) is 13.5. The number of amides is 1. The average molecular weight is 228 g/mol. The van der Waals surface area contributed by atoms with E-state index in [0.29, 0.717) is 25.0 Å². The van der Waals surface area contributed by atoms with Gasteiger partial charge in [0.2, 0.25) is 5.91 Å². The van der Waals surface area contributed by atoms with Crippen molar-refractivity contribution < 1.29 is 9.90 Å². The number of hydrogen-bond donors (Lipinski definition) is 3. The maximum atomic E-state index is 11.5. The van der Waals surface area contributed by atoms with Crippen molar-refractivity contribution in [2.75, 3.05) is 13.1 Å². The van der Waals surface area contributed by atoms with Crippen molar-refractivity contribution >= 4 is 5.91 Å². The van der Waals surface area contributed by atoms with Gasteiger partial charge in [-0.15, -0.1) is 0 Å². The van der Waals surface area contributed by atoms with E-state index in [2.05, 4.69) is 24.5 Å². The van der Waals surface area contributed by atoms with E-state index in [9.17, 15) is 9.90 Å². The molecule has 1 aliphatic carbocycles. The van der Waals surface area contributed by atoms with E-state index < -0.39 is 0 Å². The molecule has 3 unspecified atom stereocenters. The van der Waals surface area contributed by atoms with E-state index in [1.54, 1.807) is 0 Å². The maximum absolute atomic E-state index is 11.5. The Bertz CT molecular complexity index is 221. The number of hydrogen-bond acceptors (Lipinski definition) is 3. The van der Waals surface area contributed by atoms with Crippen LogP contribution in [0.4, 0.5) is 0 Å². The van der Waals surface area contributed by atoms with Crippen LogP contribution in [0.3, 0.4) is 0 Å². The van der Waals surface area contributed by atoms with Crippen molar-refractivity contribution in [3.63, 3.8) is 0 Å². The van der Waals surface area contributed by atoms with Crippen molar-refractivity contribution in [1.82, 2.24) is 10.6 Å². The van der Waals surface area contributed by atoms with Crippen LogP contribution in [-0.2, 0) is 4.79 Å². The van der Waals surface area contributed by atoms with Crippen LogP contribution < -0.4 is 10.6 Å². The van der Waals surface area contributed by atoms with E-state index in [0.717, 1.165) is 25.7 Å². The molecule has 1 fully saturated rings. The first-order valence-corrected chi connectivity index (χ1v) is 6.30. The molecule has 0 aliphatic heterocycles. The SMILES string of the molecule is CCC(C)NCC(=O)NCC1CCC(O)C1. The molecule has 0 heterocycles. The molecule has 3 N–H and O–H groups in total. The molecule has 1 aliphatic rings. The van der Waals surface area contributed by atoms with Gasteiger partial charge in [0.25, 0.3) is 0 Å². The molecule has 3 atom stereocenters. The molecule has 0 aromatic carbocycles. The average Bonchev–Trinajstić information content (AvgIpc) is 2.69. The quantitative estimate of drug-likeness (QED) is 0.625. The van der Waals surface area contributed by atoms with Crippen LogP contribution >= 0.6 is 0 Å². The van der Waals surface area contributed by atoms with Crippen LogP contribution in [-0.4, -0.2) is 36.2 Å². The van der Waals surface area contributed by atoms with Gasteiger partial charge in [0.05, 0.1) is 12.6 Å². The van der Waals surface area contributed by atoms with Gasteiger partial charge in [-0.25, -0.2) is 0 Å². The summed E-state index contributed by atoms with van der Waals surface area (Å²) >= 11 is 0. The predicted molar refractivity (Wildman–Crippen MR) is 64.1 cm³/mol. The largest absolute Gasteiger partial charge is 0.393 e. The summed E-state index contributed by atoms with van der Waals surface area (Å²) in [5.74, 6) is 0.518. The van der Waals surface area contributed by atoms with Crippen molar-refractivity contribution in [3.05, 3.63) is 0 Å². The predicted octanol–water partition coefficient (Wildman–Crippen LogP) is 0.652. The Labute approximate surface area is 97.8 Å². The zero-order chi connectivity index (χ0) is 12.0. The fourth-order valence-electron chi connectivity index (χ4n) is 1.97. The summed E-state index contributed by atoms with van der Waals surface area (Å²) in [7, 11) is 0. The topological polar surface area (TPSA) is 61.4 Å². The van der Waals surface area contributed by atoms with Gasteiger partial charge in [-0.3, -0.25) is 4.79 Å². The van der Waals surface area contributed by atoms with Gasteiger partial charge in [0, 0.05) is 12.6 Å². The second kappa shape index (κ2) is 6.86. The Morgan fingerprint density at radius 1 is 1.50 bits per heavy atom. The Balaban J connectivity index is 2.06. The molecule has 1 saturated carbocycles. The zero-order valence-electron chi connectivity index (χ0n) is 10.3. The third-order valence-corrected chi connectivity index (χ3v) is 3.32. The van der Waals surface area contributed by atoms with Gasteiger partial charge in [0.1, 0.15) is 0 Å². The number of rotatable bonds is 6. The van der Waals surface area contributed by atoms with Crippen LogP contribution in [0.25, 0.3) is 0 Å². The third kappa shape index (κ3) is 4.94. The second-order valence-electron chi connectivity index (χ2n) is 4.83. The highest BCUT2D eigenvalue weighted by Gasteiger charge is 2.22. The Kier molecular flexibility index (Phi) is 5.77. The first-order chi connectivity index (χ1) is 7.61. The highest BCUT2D eigenvalue weighted by molar-refractivity contribution is 5.77. The molecule has 94 valence electrons. The van der Waals surface area contributed by atoms with Crippen LogP contribution in [0.15, 0.2) is 0 Å². The minimum atomic E-state index is -0.153. The zero-order valence-corrected chi connectivity index (χ0v) is 10.3. The molecule has 1 amide bonds. The molecule has 0 saturated heterocycles. The standard InChI is InChI=1S/C12H24N2O2/c1-3-9(2)13-8-12(16)14-7-10-4-5-11(15)6-10/h9-11,13,15H,3-8H2,1-2H3,(H,14,16). The maximum Gasteiger partial charge on any atom is 0.233 e. The minimum absolute atomic E-state index is 0.0571. The van der Waals surface area contributed by atoms with Gasteiger partial charge in [-0.1, -0.05) is 6.92 Å². The van der Waals surface area contributed by atoms with E-state index in [4.69, 9.17) is 0 Å². The molecule has 0 spiro atoms. The lowest BCUT2D eigenvalue weighted by molar-refractivity contribution is -0.120. The molecule has 4 heteroatoms. The highest BCUT2D eigenvalue weighted by atomic mass is 16.3. The molecule has 0 radical (unpaired) electrons. The second-order valence-corrected chi connectivity index (χ2v) is 4.83. The number of carbonyl (C=O) groups excluding carboxylic acids is 1. The number of aliphatic hydroxyl groups is 1. The van der Waals surface area contributed by atoms with Crippen LogP contribution in [0.1, 0.15) is 39.5 Å². The van der Waals surface area contributed by atoms with Crippen molar-refractivity contribution in [2.45, 2.75) is 51.7 Å². The highest BCUT2D eigenvalue weighted by Crippen LogP contribution is 2.24. The fourth-order valence-corrected chi connectivity index (χ4v) is 1.97. The van der Waals surface area contributed by atoms with Crippen LogP contribution in [0, 0.1) is 5.92 Å². The van der Waals surface area contributed by atoms with E-state index in [-0.39, 0.29) is 12.0 Å². The Morgan fingerprint density at radius 3 is 2.81 bits per heavy atom. The molecular formula is C12H24N2O2. The summed E-state index contributed by atoms with van der Waals surface area (Å²) in [5, 5.41) is 15.4. The molecule has 0 aromatic heterocycles. The Morgan fingerprint density at radius 2 is 2.25 bits per heavy atom. The van der Waals surface area contributed by atoms with Gasteiger partial charge in [-0.05, 0) is 38.5 Å². The smallest absolute Gasteiger partial charge is 0.233 e. The van der Waals surface area contributed by atoms with Crippen LogP contribution in [0.5, 0.6) is 0 Å². The summed E-state index contributed by atoms with van der Waals surface area (Å²) in [4.78, 5) is 11.5. The fraction of sp³-hybridized carbons (Fsp3) is 0.917. The van der Waals surface area contributed by atoms with E-state index in [1.807, 2.05) is 0 Å². The number of nitrogens with one attached hydrogen (secondary N) is 2. The lowest BCUT2D eigenvalue weighted by atomic mass is 10.1. The van der Waals surface area contributed by atoms with Crippen molar-refractivity contribution in [3.8, 4) is 0 Å². The molecule has 1 rings (SSSR count). The Hall–Kier alpha value is -0.610. The summed E-state index contributed by atoms with van der Waals surface area (Å²) < 4.78 is 0. The van der Waals surface area contributed by atoms with Crippen molar-refractivity contribution in [2.24, 2.45) is 5.92 Å². The van der Waals surface area contributed by atoms with Crippen LogP contribution in [0.2, 0.25) is 0 Å². The van der Waals surface area contributed by atoms with E-state index in [1.165, 1.54) is 0 Å². The summed E-state index contributed by atoms with van der Waals surface area (Å²) in [6, 6.07) is 0.388. The first-order valence-electron chi connectivity index (χ1n) is 6.30. The normalized spacial score (nSPS) is 26.7. The van der Waals surface area contributed by atoms with Gasteiger partial charge >= 0.3 is 0 Å². The molecule has 4 nitrogen and oxygen atoms in total. The summed E-state index contributed by atoms with van der Waals surface area (Å²) in [6.45, 7) is 5.26. The summed E-state index contributed by atoms with van der Waals surface area (Å²) in [5.41, 5.74) is 0. The lowest BCUT2D eigenvalue weighted by Gasteiger charge is -2.13. The third-order valence-electron chi connectivity index (χ3n) is 3.32. The molecule has 16 heavy (non-hydrogen) atoms. The lowest BCUT2D eigenvalue weighted by Crippen LogP contribution is -2.39. The summed E-state index contributed by atoms with van der Waals surface area (Å²) in [6.07, 6.45) is 3.62. The molecular weight excluding hydrogens is 204 g/mol. The van der Waals surface area contributed by atoms with Gasteiger partial charge < -0.3 is 15.7 Å². The van der Waals surface area contributed by atoms with E-state index >= 15 is 0 Å². The monoisotopic (exact) mass is 228 g/mol. The van der Waals surface area contributed by atoms with Gasteiger partial charge in [-0.2, -0.15) is 0 Å². The molecule has 0 aromatic rings. The van der Waals surface area contributed by atoms with Gasteiger partial charge in [0.15, 0.2) is 0 Å². The number of carbonyl (C=O) groups is 1. The minimum Gasteiger partial charge on any atom is -0.393 e. The molecule has 0 bridgehead atoms.